The van der Waals surface area contributed by atoms with Crippen molar-refractivity contribution >= 4 is 11.8 Å². The Morgan fingerprint density at radius 1 is 1.28 bits per heavy atom. The minimum atomic E-state index is -0.222. The van der Waals surface area contributed by atoms with Crippen molar-refractivity contribution in [2.24, 2.45) is 17.6 Å². The molecule has 0 bridgehead atoms. The lowest BCUT2D eigenvalue weighted by Crippen LogP contribution is -2.51. The number of benzene rings is 1. The molecule has 0 aliphatic carbocycles. The zero-order valence-electron chi connectivity index (χ0n) is 15.3. The lowest BCUT2D eigenvalue weighted by Gasteiger charge is -2.39. The van der Waals surface area contributed by atoms with Crippen LogP contribution in [0.25, 0.3) is 0 Å². The highest BCUT2D eigenvalue weighted by atomic mass is 16.2. The molecule has 1 aromatic rings. The molecule has 2 N–H and O–H groups in total. The molecular formula is C20H29N3O2. The van der Waals surface area contributed by atoms with E-state index in [4.69, 9.17) is 5.73 Å². The second-order valence-electron chi connectivity index (χ2n) is 7.71. The van der Waals surface area contributed by atoms with Gasteiger partial charge in [0.15, 0.2) is 0 Å². The fraction of sp³-hybridized carbons (Fsp3) is 0.600. The monoisotopic (exact) mass is 343 g/mol. The molecular weight excluding hydrogens is 314 g/mol. The van der Waals surface area contributed by atoms with Crippen molar-refractivity contribution in [3.8, 4) is 0 Å². The molecule has 5 nitrogen and oxygen atoms in total. The molecule has 5 heteroatoms. The molecule has 25 heavy (non-hydrogen) atoms. The van der Waals surface area contributed by atoms with Crippen LogP contribution in [0.3, 0.4) is 0 Å². The fourth-order valence-electron chi connectivity index (χ4n) is 4.00. The molecule has 1 aromatic carbocycles. The highest BCUT2D eigenvalue weighted by Gasteiger charge is 2.39. The summed E-state index contributed by atoms with van der Waals surface area (Å²) in [7, 11) is 0. The molecule has 2 aliphatic rings. The number of piperidine rings is 1. The number of carbonyl (C=O) groups is 2. The van der Waals surface area contributed by atoms with E-state index in [9.17, 15) is 9.59 Å². The molecule has 0 radical (unpaired) electrons. The predicted octanol–water partition coefficient (Wildman–Crippen LogP) is 1.93. The molecule has 0 spiro atoms. The van der Waals surface area contributed by atoms with Gasteiger partial charge >= 0.3 is 0 Å². The number of likely N-dealkylation sites (tertiary alicyclic amines) is 2. The van der Waals surface area contributed by atoms with E-state index < -0.39 is 0 Å². The number of aryl methyl sites for hydroxylation is 1. The van der Waals surface area contributed by atoms with Crippen molar-refractivity contribution in [2.75, 3.05) is 19.6 Å². The van der Waals surface area contributed by atoms with Gasteiger partial charge in [-0.1, -0.05) is 36.8 Å². The van der Waals surface area contributed by atoms with Crippen LogP contribution in [0.15, 0.2) is 24.3 Å². The molecule has 2 fully saturated rings. The van der Waals surface area contributed by atoms with Crippen LogP contribution in [0.2, 0.25) is 0 Å². The lowest BCUT2D eigenvalue weighted by atomic mass is 9.91. The van der Waals surface area contributed by atoms with Crippen LogP contribution in [-0.4, -0.2) is 47.3 Å². The largest absolute Gasteiger partial charge is 0.338 e. The van der Waals surface area contributed by atoms with Crippen LogP contribution >= 0.6 is 0 Å². The van der Waals surface area contributed by atoms with Crippen LogP contribution in [0.4, 0.5) is 0 Å². The summed E-state index contributed by atoms with van der Waals surface area (Å²) < 4.78 is 0. The Labute approximate surface area is 150 Å². The van der Waals surface area contributed by atoms with Gasteiger partial charge < -0.3 is 15.5 Å². The molecule has 2 saturated heterocycles. The van der Waals surface area contributed by atoms with Crippen molar-refractivity contribution in [3.63, 3.8) is 0 Å². The number of nitrogens with two attached hydrogens (primary N) is 1. The zero-order valence-corrected chi connectivity index (χ0v) is 15.3. The van der Waals surface area contributed by atoms with E-state index in [1.165, 1.54) is 5.56 Å². The molecule has 0 saturated carbocycles. The maximum atomic E-state index is 13.0. The average molecular weight is 343 g/mol. The SMILES string of the molecule is Cc1ccc(CN2CC(C(=O)N3CCC(C)CC3CN)CC2=O)cc1. The molecule has 3 rings (SSSR count). The van der Waals surface area contributed by atoms with E-state index >= 15 is 0 Å². The summed E-state index contributed by atoms with van der Waals surface area (Å²) in [4.78, 5) is 29.1. The standard InChI is InChI=1S/C20H29N3O2/c1-14-3-5-16(6-4-14)12-22-13-17(10-19(22)24)20(25)23-8-7-15(2)9-18(23)11-21/h3-6,15,17-18H,7-13,21H2,1-2H3. The van der Waals surface area contributed by atoms with Crippen molar-refractivity contribution in [1.82, 2.24) is 9.80 Å². The Bertz CT molecular complexity index is 628. The number of hydrogen-bond acceptors (Lipinski definition) is 3. The molecule has 3 unspecified atom stereocenters. The number of rotatable bonds is 4. The molecule has 136 valence electrons. The summed E-state index contributed by atoms with van der Waals surface area (Å²) in [6.45, 7) is 6.64. The van der Waals surface area contributed by atoms with Gasteiger partial charge in [0.25, 0.3) is 0 Å². The number of hydrogen-bond donors (Lipinski definition) is 1. The van der Waals surface area contributed by atoms with Crippen LogP contribution in [-0.2, 0) is 16.1 Å². The van der Waals surface area contributed by atoms with Gasteiger partial charge in [0.2, 0.25) is 11.8 Å². The minimum Gasteiger partial charge on any atom is -0.338 e. The lowest BCUT2D eigenvalue weighted by molar-refractivity contribution is -0.139. The fourth-order valence-corrected chi connectivity index (χ4v) is 4.00. The van der Waals surface area contributed by atoms with Crippen molar-refractivity contribution in [3.05, 3.63) is 35.4 Å². The van der Waals surface area contributed by atoms with Gasteiger partial charge in [0.05, 0.1) is 5.92 Å². The maximum Gasteiger partial charge on any atom is 0.228 e. The summed E-state index contributed by atoms with van der Waals surface area (Å²) in [5.74, 6) is 0.581. The van der Waals surface area contributed by atoms with Crippen LogP contribution < -0.4 is 5.73 Å². The molecule has 2 amide bonds. The summed E-state index contributed by atoms with van der Waals surface area (Å²) in [5.41, 5.74) is 8.21. The maximum absolute atomic E-state index is 13.0. The summed E-state index contributed by atoms with van der Waals surface area (Å²) >= 11 is 0. The third kappa shape index (κ3) is 4.03. The van der Waals surface area contributed by atoms with Gasteiger partial charge in [-0.15, -0.1) is 0 Å². The van der Waals surface area contributed by atoms with Gasteiger partial charge in [-0.3, -0.25) is 9.59 Å². The Kier molecular flexibility index (Phi) is 5.42. The first-order chi connectivity index (χ1) is 12.0. The number of carbonyl (C=O) groups excluding carboxylic acids is 2. The quantitative estimate of drug-likeness (QED) is 0.908. The highest BCUT2D eigenvalue weighted by Crippen LogP contribution is 2.27. The molecule has 2 heterocycles. The summed E-state index contributed by atoms with van der Waals surface area (Å²) in [6.07, 6.45) is 2.32. The number of nitrogens with zero attached hydrogens (tertiary/aromatic N) is 2. The number of amides is 2. The molecule has 2 aliphatic heterocycles. The first-order valence-electron chi connectivity index (χ1n) is 9.31. The Morgan fingerprint density at radius 2 is 2.00 bits per heavy atom. The van der Waals surface area contributed by atoms with Crippen molar-refractivity contribution in [1.29, 1.82) is 0 Å². The summed E-state index contributed by atoms with van der Waals surface area (Å²) in [5, 5.41) is 0. The Morgan fingerprint density at radius 3 is 2.68 bits per heavy atom. The van der Waals surface area contributed by atoms with E-state index in [0.717, 1.165) is 24.9 Å². The Balaban J connectivity index is 1.63. The van der Waals surface area contributed by atoms with Gasteiger partial charge in [0, 0.05) is 38.6 Å². The summed E-state index contributed by atoms with van der Waals surface area (Å²) in [6, 6.07) is 8.33. The zero-order chi connectivity index (χ0) is 18.0. The Hall–Kier alpha value is -1.88. The second kappa shape index (κ2) is 7.56. The van der Waals surface area contributed by atoms with E-state index in [0.29, 0.717) is 32.0 Å². The third-order valence-electron chi connectivity index (χ3n) is 5.59. The van der Waals surface area contributed by atoms with E-state index in [2.05, 4.69) is 19.1 Å². The van der Waals surface area contributed by atoms with Gasteiger partial charge in [-0.2, -0.15) is 0 Å². The van der Waals surface area contributed by atoms with E-state index in [-0.39, 0.29) is 23.8 Å². The van der Waals surface area contributed by atoms with Crippen molar-refractivity contribution < 1.29 is 9.59 Å². The molecule has 3 atom stereocenters. The van der Waals surface area contributed by atoms with Crippen LogP contribution in [0, 0.1) is 18.8 Å². The smallest absolute Gasteiger partial charge is 0.228 e. The van der Waals surface area contributed by atoms with E-state index in [1.54, 1.807) is 0 Å². The second-order valence-corrected chi connectivity index (χ2v) is 7.71. The highest BCUT2D eigenvalue weighted by molar-refractivity contribution is 5.89. The van der Waals surface area contributed by atoms with Crippen molar-refractivity contribution in [2.45, 2.75) is 45.7 Å². The topological polar surface area (TPSA) is 66.6 Å². The first kappa shape index (κ1) is 17.9. The molecule has 0 aromatic heterocycles. The normalized spacial score (nSPS) is 27.0. The average Bonchev–Trinajstić information content (AvgIpc) is 2.97. The van der Waals surface area contributed by atoms with Crippen LogP contribution in [0.5, 0.6) is 0 Å². The third-order valence-corrected chi connectivity index (χ3v) is 5.59. The first-order valence-corrected chi connectivity index (χ1v) is 9.31. The van der Waals surface area contributed by atoms with Gasteiger partial charge in [0.1, 0.15) is 0 Å². The van der Waals surface area contributed by atoms with E-state index in [1.807, 2.05) is 28.9 Å². The minimum absolute atomic E-state index is 0.0774. The predicted molar refractivity (Wildman–Crippen MR) is 97.7 cm³/mol. The van der Waals surface area contributed by atoms with Gasteiger partial charge in [-0.25, -0.2) is 0 Å². The van der Waals surface area contributed by atoms with Crippen LogP contribution in [0.1, 0.15) is 37.3 Å². The van der Waals surface area contributed by atoms with Gasteiger partial charge in [-0.05, 0) is 31.2 Å².